The molecule has 2 unspecified atom stereocenters. The molecule has 200 valence electrons. The van der Waals surface area contributed by atoms with E-state index in [0.717, 1.165) is 6.92 Å². The summed E-state index contributed by atoms with van der Waals surface area (Å²) >= 11 is 0. The number of fused-ring (bicyclic) bond motifs is 4. The van der Waals surface area contributed by atoms with Gasteiger partial charge in [0.25, 0.3) is 5.91 Å². The van der Waals surface area contributed by atoms with Crippen molar-refractivity contribution < 1.29 is 37.7 Å². The number of carbonyl (C=O) groups is 2. The van der Waals surface area contributed by atoms with Gasteiger partial charge in [-0.3, -0.25) is 15.0 Å². The molecule has 0 radical (unpaired) electrons. The standard InChI is InChI=1S/C23H27F3N6O5/c1-12-7-17(21(35)28-13(2)23(24,25)26)29-20-19(12)31-6-4-14(9-31)32(20)22(36)30-18-8-16(3-5-27-18)37-11-15(34)10-33/h3,5,7-8,13-15,33-34H,4,6,9-11H2,1-2H3,(H,28,35)(H,27,30,36)/t13?,14-,15?/m0/s1. The highest BCUT2D eigenvalue weighted by Crippen LogP contribution is 2.41. The minimum atomic E-state index is -4.61. The Hall–Kier alpha value is -3.65. The predicted octanol–water partition coefficient (Wildman–Crippen LogP) is 1.83. The van der Waals surface area contributed by atoms with Crippen LogP contribution in [-0.4, -0.2) is 82.8 Å². The zero-order chi connectivity index (χ0) is 26.9. The van der Waals surface area contributed by atoms with Crippen molar-refractivity contribution in [3.05, 3.63) is 35.7 Å². The lowest BCUT2D eigenvalue weighted by molar-refractivity contribution is -0.149. The number of rotatable bonds is 7. The van der Waals surface area contributed by atoms with Gasteiger partial charge in [-0.1, -0.05) is 0 Å². The summed E-state index contributed by atoms with van der Waals surface area (Å²) in [4.78, 5) is 37.8. The van der Waals surface area contributed by atoms with Crippen molar-refractivity contribution >= 4 is 29.3 Å². The number of aliphatic hydroxyl groups is 2. The van der Waals surface area contributed by atoms with Gasteiger partial charge < -0.3 is 25.2 Å². The third-order valence-corrected chi connectivity index (χ3v) is 6.15. The molecule has 37 heavy (non-hydrogen) atoms. The monoisotopic (exact) mass is 524 g/mol. The van der Waals surface area contributed by atoms with Crippen LogP contribution in [0.2, 0.25) is 0 Å². The Bertz CT molecular complexity index is 1180. The quantitative estimate of drug-likeness (QED) is 0.430. The number of pyridine rings is 2. The van der Waals surface area contributed by atoms with Crippen LogP contribution in [0.3, 0.4) is 0 Å². The summed E-state index contributed by atoms with van der Waals surface area (Å²) in [6, 6.07) is 1.44. The first kappa shape index (κ1) is 26.4. The number of amides is 3. The highest BCUT2D eigenvalue weighted by atomic mass is 19.4. The van der Waals surface area contributed by atoms with Crippen LogP contribution in [0.1, 0.15) is 29.4 Å². The second kappa shape index (κ2) is 10.4. The van der Waals surface area contributed by atoms with Gasteiger partial charge in [0.2, 0.25) is 0 Å². The second-order valence-electron chi connectivity index (χ2n) is 8.95. The lowest BCUT2D eigenvalue weighted by Gasteiger charge is -2.36. The molecule has 1 saturated heterocycles. The van der Waals surface area contributed by atoms with E-state index in [1.165, 1.54) is 29.3 Å². The highest BCUT2D eigenvalue weighted by Gasteiger charge is 2.42. The van der Waals surface area contributed by atoms with Crippen LogP contribution in [0, 0.1) is 6.92 Å². The molecular formula is C23H27F3N6O5. The Morgan fingerprint density at radius 2 is 2.08 bits per heavy atom. The molecule has 14 heteroatoms. The van der Waals surface area contributed by atoms with Gasteiger partial charge in [-0.2, -0.15) is 13.2 Å². The lowest BCUT2D eigenvalue weighted by atomic mass is 10.1. The fraction of sp³-hybridized carbons (Fsp3) is 0.478. The van der Waals surface area contributed by atoms with E-state index >= 15 is 0 Å². The maximum atomic E-state index is 13.4. The van der Waals surface area contributed by atoms with Crippen molar-refractivity contribution in [2.24, 2.45) is 0 Å². The molecule has 4 N–H and O–H groups in total. The average molecular weight is 525 g/mol. The summed E-state index contributed by atoms with van der Waals surface area (Å²) < 4.78 is 44.3. The number of carbonyl (C=O) groups excluding carboxylic acids is 2. The molecule has 4 heterocycles. The number of hydrogen-bond acceptors (Lipinski definition) is 8. The number of ether oxygens (including phenoxy) is 1. The van der Waals surface area contributed by atoms with Gasteiger partial charge in [-0.25, -0.2) is 14.8 Å². The molecule has 2 aromatic rings. The van der Waals surface area contributed by atoms with Crippen LogP contribution in [0.4, 0.5) is 35.3 Å². The third kappa shape index (κ3) is 5.69. The van der Waals surface area contributed by atoms with E-state index in [2.05, 4.69) is 15.3 Å². The Kier molecular flexibility index (Phi) is 7.41. The molecule has 2 aromatic heterocycles. The first-order valence-electron chi connectivity index (χ1n) is 11.6. The Balaban J connectivity index is 1.59. The molecule has 0 saturated carbocycles. The van der Waals surface area contributed by atoms with Gasteiger partial charge in [0, 0.05) is 25.4 Å². The number of nitrogens with one attached hydrogen (secondary N) is 2. The molecule has 2 aliphatic rings. The fourth-order valence-corrected chi connectivity index (χ4v) is 4.25. The van der Waals surface area contributed by atoms with E-state index in [9.17, 15) is 27.9 Å². The van der Waals surface area contributed by atoms with E-state index in [4.69, 9.17) is 9.84 Å². The maximum Gasteiger partial charge on any atom is 0.408 e. The van der Waals surface area contributed by atoms with E-state index in [0.29, 0.717) is 36.5 Å². The number of aliphatic hydroxyl groups excluding tert-OH is 2. The molecule has 0 aromatic carbocycles. The van der Waals surface area contributed by atoms with Gasteiger partial charge in [-0.15, -0.1) is 0 Å². The van der Waals surface area contributed by atoms with Crippen molar-refractivity contribution in [1.29, 1.82) is 0 Å². The first-order valence-corrected chi connectivity index (χ1v) is 11.6. The Morgan fingerprint density at radius 3 is 2.78 bits per heavy atom. The van der Waals surface area contributed by atoms with E-state index in [1.807, 2.05) is 10.2 Å². The molecule has 11 nitrogen and oxygen atoms in total. The van der Waals surface area contributed by atoms with Crippen LogP contribution < -0.4 is 25.2 Å². The molecule has 0 aliphatic carbocycles. The van der Waals surface area contributed by atoms with E-state index in [1.54, 1.807) is 6.92 Å². The smallest absolute Gasteiger partial charge is 0.408 e. The number of urea groups is 1. The summed E-state index contributed by atoms with van der Waals surface area (Å²) in [7, 11) is 0. The zero-order valence-corrected chi connectivity index (χ0v) is 20.1. The van der Waals surface area contributed by atoms with Gasteiger partial charge in [0.05, 0.1) is 18.3 Å². The maximum absolute atomic E-state index is 13.4. The van der Waals surface area contributed by atoms with E-state index in [-0.39, 0.29) is 30.0 Å². The van der Waals surface area contributed by atoms with Crippen LogP contribution >= 0.6 is 0 Å². The highest BCUT2D eigenvalue weighted by molar-refractivity contribution is 6.05. The first-order chi connectivity index (χ1) is 17.5. The van der Waals surface area contributed by atoms with Gasteiger partial charge in [0.1, 0.15) is 36.0 Å². The molecule has 2 aliphatic heterocycles. The van der Waals surface area contributed by atoms with Crippen molar-refractivity contribution in [3.8, 4) is 5.75 Å². The van der Waals surface area contributed by atoms with Crippen molar-refractivity contribution in [2.75, 3.05) is 41.4 Å². The Labute approximate surface area is 210 Å². The van der Waals surface area contributed by atoms with Crippen molar-refractivity contribution in [3.63, 3.8) is 0 Å². The summed E-state index contributed by atoms with van der Waals surface area (Å²) in [5.41, 5.74) is 1.000. The fourth-order valence-electron chi connectivity index (χ4n) is 4.25. The third-order valence-electron chi connectivity index (χ3n) is 6.15. The number of aromatic nitrogens is 2. The number of nitrogens with zero attached hydrogens (tertiary/aromatic N) is 4. The normalized spacial score (nSPS) is 18.2. The second-order valence-corrected chi connectivity index (χ2v) is 8.95. The lowest BCUT2D eigenvalue weighted by Crippen LogP contribution is -2.49. The van der Waals surface area contributed by atoms with Crippen LogP contribution in [0.15, 0.2) is 24.4 Å². The molecule has 0 spiro atoms. The van der Waals surface area contributed by atoms with Crippen LogP contribution in [0.25, 0.3) is 0 Å². The summed E-state index contributed by atoms with van der Waals surface area (Å²) in [6.45, 7) is 3.10. The SMILES string of the molecule is Cc1cc(C(=O)NC(C)C(F)(F)F)nc2c1N1CC[C@@H](C1)N2C(=O)Nc1cc(OCC(O)CO)ccn1. The molecule has 2 bridgehead atoms. The van der Waals surface area contributed by atoms with Gasteiger partial charge in [-0.05, 0) is 38.0 Å². The van der Waals surface area contributed by atoms with Crippen molar-refractivity contribution in [2.45, 2.75) is 44.6 Å². The zero-order valence-electron chi connectivity index (χ0n) is 20.1. The van der Waals surface area contributed by atoms with Crippen LogP contribution in [0.5, 0.6) is 5.75 Å². The molecular weight excluding hydrogens is 497 g/mol. The van der Waals surface area contributed by atoms with E-state index < -0.39 is 36.9 Å². The van der Waals surface area contributed by atoms with Crippen LogP contribution in [-0.2, 0) is 0 Å². The number of halogens is 3. The van der Waals surface area contributed by atoms with Crippen molar-refractivity contribution in [1.82, 2.24) is 15.3 Å². The predicted molar refractivity (Wildman–Crippen MR) is 127 cm³/mol. The molecule has 1 fully saturated rings. The molecule has 3 atom stereocenters. The summed E-state index contributed by atoms with van der Waals surface area (Å²) in [5, 5.41) is 23.0. The minimum absolute atomic E-state index is 0.146. The van der Waals surface area contributed by atoms with Gasteiger partial charge >= 0.3 is 12.2 Å². The number of alkyl halides is 3. The minimum Gasteiger partial charge on any atom is -0.491 e. The molecule has 3 amide bonds. The Morgan fingerprint density at radius 1 is 1.32 bits per heavy atom. The molecule has 4 rings (SSSR count). The van der Waals surface area contributed by atoms with Gasteiger partial charge in [0.15, 0.2) is 5.82 Å². The number of aryl methyl sites for hydroxylation is 1. The summed E-state index contributed by atoms with van der Waals surface area (Å²) in [6.07, 6.45) is -3.66. The topological polar surface area (TPSA) is 140 Å². The average Bonchev–Trinajstić information content (AvgIpc) is 3.24. The number of anilines is 3. The number of hydrogen-bond donors (Lipinski definition) is 4. The summed E-state index contributed by atoms with van der Waals surface area (Å²) in [5.74, 6) is -0.377. The largest absolute Gasteiger partial charge is 0.491 e.